The minimum Gasteiger partial charge on any atom is -0.381 e. The molecular formula is C26H35B2F3N4O. The third-order valence-corrected chi connectivity index (χ3v) is 8.90. The minimum atomic E-state index is -4.51. The number of hydrogen-bond donors (Lipinski definition) is 1. The Kier molecular flexibility index (Phi) is 6.87. The highest BCUT2D eigenvalue weighted by atomic mass is 19.4. The first kappa shape index (κ1) is 25.6. The van der Waals surface area contributed by atoms with Crippen molar-refractivity contribution >= 4 is 21.5 Å². The summed E-state index contributed by atoms with van der Waals surface area (Å²) in [6.07, 6.45) is -0.588. The highest BCUT2D eigenvalue weighted by Gasteiger charge is 2.47. The van der Waals surface area contributed by atoms with Crippen molar-refractivity contribution in [2.45, 2.75) is 57.1 Å². The van der Waals surface area contributed by atoms with Crippen LogP contribution in [0.15, 0.2) is 24.3 Å². The van der Waals surface area contributed by atoms with Crippen LogP contribution in [0.3, 0.4) is 0 Å². The smallest absolute Gasteiger partial charge is 0.381 e. The molecule has 1 aliphatic carbocycles. The van der Waals surface area contributed by atoms with Gasteiger partial charge in [0.25, 0.3) is 0 Å². The Morgan fingerprint density at radius 2 is 1.67 bits per heavy atom. The van der Waals surface area contributed by atoms with Gasteiger partial charge in [0, 0.05) is 37.9 Å². The van der Waals surface area contributed by atoms with E-state index in [0.717, 1.165) is 69.2 Å². The second-order valence-corrected chi connectivity index (χ2v) is 11.6. The molecule has 5 rings (SSSR count). The predicted octanol–water partition coefficient (Wildman–Crippen LogP) is 3.25. The van der Waals surface area contributed by atoms with Gasteiger partial charge in [-0.25, -0.2) is 0 Å². The monoisotopic (exact) mass is 498 g/mol. The van der Waals surface area contributed by atoms with E-state index in [1.807, 2.05) is 32.0 Å². The molecule has 5 nitrogen and oxygen atoms in total. The van der Waals surface area contributed by atoms with Gasteiger partial charge in [0.05, 0.1) is 5.69 Å². The van der Waals surface area contributed by atoms with Crippen LogP contribution in [0.2, 0.25) is 0 Å². The highest BCUT2D eigenvalue weighted by Crippen LogP contribution is 2.44. The number of anilines is 1. The lowest BCUT2D eigenvalue weighted by molar-refractivity contribution is -0.137. The third kappa shape index (κ3) is 5.03. The van der Waals surface area contributed by atoms with Crippen molar-refractivity contribution in [3.05, 3.63) is 41.0 Å². The van der Waals surface area contributed by atoms with E-state index in [0.29, 0.717) is 23.3 Å². The first-order valence-corrected chi connectivity index (χ1v) is 13.1. The van der Waals surface area contributed by atoms with Gasteiger partial charge >= 0.3 is 6.18 Å². The lowest BCUT2D eigenvalue weighted by Crippen LogP contribution is -2.56. The van der Waals surface area contributed by atoms with Crippen molar-refractivity contribution in [2.24, 2.45) is 17.8 Å². The summed E-state index contributed by atoms with van der Waals surface area (Å²) in [7, 11) is 4.70. The number of fused-ring (bicyclic) bond motifs is 1. The maximum absolute atomic E-state index is 14.1. The van der Waals surface area contributed by atoms with E-state index >= 15 is 0 Å². The summed E-state index contributed by atoms with van der Waals surface area (Å²) in [5.41, 5.74) is 2.04. The summed E-state index contributed by atoms with van der Waals surface area (Å²) in [6.45, 7) is 7.49. The fourth-order valence-electron chi connectivity index (χ4n) is 6.60. The van der Waals surface area contributed by atoms with E-state index in [9.17, 15) is 13.2 Å². The largest absolute Gasteiger partial charge is 0.420 e. The first-order valence-electron chi connectivity index (χ1n) is 13.1. The minimum absolute atomic E-state index is 0.0182. The Morgan fingerprint density at radius 1 is 1.00 bits per heavy atom. The van der Waals surface area contributed by atoms with Crippen molar-refractivity contribution in [1.82, 2.24) is 15.1 Å². The van der Waals surface area contributed by atoms with Crippen LogP contribution in [0.25, 0.3) is 11.3 Å². The zero-order chi connectivity index (χ0) is 25.7. The second kappa shape index (κ2) is 9.67. The molecule has 1 saturated carbocycles. The molecule has 1 aromatic carbocycles. The average Bonchev–Trinajstić information content (AvgIpc) is 3.40. The molecule has 0 unspecified atom stereocenters. The van der Waals surface area contributed by atoms with Crippen LogP contribution in [0.5, 0.6) is 0 Å². The lowest BCUT2D eigenvalue weighted by atomic mass is 9.52. The summed E-state index contributed by atoms with van der Waals surface area (Å²) in [4.78, 5) is 2.62. The van der Waals surface area contributed by atoms with Gasteiger partial charge in [-0.05, 0) is 80.3 Å². The van der Waals surface area contributed by atoms with Gasteiger partial charge in [-0.2, -0.15) is 13.2 Å². The Balaban J connectivity index is 1.29. The van der Waals surface area contributed by atoms with E-state index in [4.69, 9.17) is 4.74 Å². The number of nitrogens with zero attached hydrogens (tertiary/aromatic N) is 3. The second-order valence-electron chi connectivity index (χ2n) is 11.6. The van der Waals surface area contributed by atoms with Gasteiger partial charge in [0.15, 0.2) is 5.82 Å². The van der Waals surface area contributed by atoms with E-state index in [1.54, 1.807) is 0 Å². The topological polar surface area (TPSA) is 50.3 Å². The molecular weight excluding hydrogens is 463 g/mol. The Hall–Kier alpha value is -2.06. The summed E-state index contributed by atoms with van der Waals surface area (Å²) in [5.74, 6) is 1.47. The van der Waals surface area contributed by atoms with E-state index in [1.165, 1.54) is 0 Å². The van der Waals surface area contributed by atoms with Crippen LogP contribution in [0, 0.1) is 31.6 Å². The average molecular weight is 498 g/mol. The van der Waals surface area contributed by atoms with Crippen molar-refractivity contribution in [2.75, 3.05) is 31.6 Å². The van der Waals surface area contributed by atoms with E-state index in [-0.39, 0.29) is 22.9 Å². The van der Waals surface area contributed by atoms with Gasteiger partial charge in [0.1, 0.15) is 21.3 Å². The molecule has 3 fully saturated rings. The van der Waals surface area contributed by atoms with Crippen LogP contribution in [0.1, 0.15) is 42.4 Å². The van der Waals surface area contributed by atoms with Gasteiger partial charge in [-0.3, -0.25) is 0 Å². The standard InChI is InChI=1S/C26H35B2F3N4O/c1-15-3-4-16(2)21(9-15)23-12-22(26(29,30)31)24(34-33-23)32-20-10-17-13-35(14-18(17)11-20)25(27,28)19-5-7-36-8-6-19/h3-4,9,12,17-20H,5-8,10-11,13-14,27-28H2,1-2H3,(H,32,34)/t17-,18+,20+. The van der Waals surface area contributed by atoms with Gasteiger partial charge < -0.3 is 15.0 Å². The number of likely N-dealkylation sites (tertiary alicyclic amines) is 1. The Bertz CT molecular complexity index is 1090. The van der Waals surface area contributed by atoms with Crippen LogP contribution >= 0.6 is 0 Å². The number of nitrogens with one attached hydrogen (secondary N) is 1. The maximum atomic E-state index is 14.1. The summed E-state index contributed by atoms with van der Waals surface area (Å²) < 4.78 is 47.8. The first-order chi connectivity index (χ1) is 17.0. The molecule has 0 radical (unpaired) electrons. The molecule has 2 aromatic rings. The van der Waals surface area contributed by atoms with Crippen LogP contribution in [0.4, 0.5) is 19.0 Å². The van der Waals surface area contributed by atoms with Gasteiger partial charge in [-0.1, -0.05) is 17.7 Å². The zero-order valence-corrected chi connectivity index (χ0v) is 21.7. The number of alkyl halides is 3. The van der Waals surface area contributed by atoms with Gasteiger partial charge in [-0.15, -0.1) is 10.2 Å². The molecule has 2 saturated heterocycles. The maximum Gasteiger partial charge on any atom is 0.420 e. The summed E-state index contributed by atoms with van der Waals surface area (Å²) in [6, 6.07) is 6.82. The summed E-state index contributed by atoms with van der Waals surface area (Å²) >= 11 is 0. The highest BCUT2D eigenvalue weighted by molar-refractivity contribution is 6.40. The normalized spacial score (nSPS) is 25.8. The summed E-state index contributed by atoms with van der Waals surface area (Å²) in [5, 5.41) is 11.5. The zero-order valence-electron chi connectivity index (χ0n) is 21.7. The number of aryl methyl sites for hydroxylation is 2. The van der Waals surface area contributed by atoms with Crippen LogP contribution in [-0.4, -0.2) is 68.5 Å². The fraction of sp³-hybridized carbons (Fsp3) is 0.615. The lowest BCUT2D eigenvalue weighted by Gasteiger charge is -2.45. The SMILES string of the molecule is BC(B)(C1CCOCC1)N1C[C@H]2C[C@H](Nc3nnc(-c4cc(C)ccc4C)cc3C(F)(F)F)C[C@H]2C1. The van der Waals surface area contributed by atoms with E-state index in [2.05, 4.69) is 36.1 Å². The number of rotatable bonds is 5. The number of ether oxygens (including phenoxy) is 1. The number of aromatic nitrogens is 2. The Morgan fingerprint density at radius 3 is 2.31 bits per heavy atom. The molecule has 36 heavy (non-hydrogen) atoms. The molecule has 0 bridgehead atoms. The van der Waals surface area contributed by atoms with Crippen molar-refractivity contribution in [3.8, 4) is 11.3 Å². The Labute approximate surface area is 213 Å². The van der Waals surface area contributed by atoms with Crippen LogP contribution < -0.4 is 5.32 Å². The number of halogens is 3. The number of benzene rings is 1. The molecule has 0 amide bonds. The molecule has 3 atom stereocenters. The molecule has 2 aliphatic heterocycles. The van der Waals surface area contributed by atoms with Crippen molar-refractivity contribution < 1.29 is 17.9 Å². The van der Waals surface area contributed by atoms with E-state index < -0.39 is 11.7 Å². The van der Waals surface area contributed by atoms with Crippen molar-refractivity contribution in [1.29, 1.82) is 0 Å². The molecule has 0 spiro atoms. The fourth-order valence-corrected chi connectivity index (χ4v) is 6.60. The predicted molar refractivity (Wildman–Crippen MR) is 141 cm³/mol. The molecule has 3 aliphatic rings. The third-order valence-electron chi connectivity index (χ3n) is 8.90. The van der Waals surface area contributed by atoms with Gasteiger partial charge in [0.2, 0.25) is 0 Å². The molecule has 10 heteroatoms. The van der Waals surface area contributed by atoms with Crippen LogP contribution in [-0.2, 0) is 10.9 Å². The molecule has 3 heterocycles. The van der Waals surface area contributed by atoms with Crippen molar-refractivity contribution in [3.63, 3.8) is 0 Å². The quantitative estimate of drug-likeness (QED) is 0.642. The number of hydrogen-bond acceptors (Lipinski definition) is 5. The molecule has 192 valence electrons. The molecule has 1 aromatic heterocycles. The molecule has 1 N–H and O–H groups in total.